The molecule has 0 spiro atoms. The molecule has 0 saturated heterocycles. The number of aromatic nitrogens is 2. The Kier molecular flexibility index (Phi) is 5.83. The highest BCUT2D eigenvalue weighted by Crippen LogP contribution is 2.23. The molecule has 0 aliphatic carbocycles. The van der Waals surface area contributed by atoms with E-state index in [1.54, 1.807) is 35.0 Å². The Morgan fingerprint density at radius 3 is 2.73 bits per heavy atom. The Hall–Kier alpha value is -1.56. The lowest BCUT2D eigenvalue weighted by Crippen LogP contribution is -2.31. The summed E-state index contributed by atoms with van der Waals surface area (Å²) in [4.78, 5) is 14.2. The minimum atomic E-state index is -0.132. The third-order valence-electron chi connectivity index (χ3n) is 3.18. The van der Waals surface area contributed by atoms with Crippen LogP contribution in [0.2, 0.25) is 10.0 Å². The Bertz CT molecular complexity index is 658. The van der Waals surface area contributed by atoms with E-state index in [1.165, 1.54) is 6.20 Å². The normalized spacial score (nSPS) is 10.7. The van der Waals surface area contributed by atoms with Crippen LogP contribution in [0.1, 0.15) is 22.3 Å². The van der Waals surface area contributed by atoms with E-state index >= 15 is 0 Å². The Morgan fingerprint density at radius 1 is 1.36 bits per heavy atom. The number of nitrogens with zero attached hydrogens (tertiary/aromatic N) is 3. The fourth-order valence-corrected chi connectivity index (χ4v) is 2.41. The van der Waals surface area contributed by atoms with Crippen LogP contribution in [0.3, 0.4) is 0 Å². The van der Waals surface area contributed by atoms with Crippen molar-refractivity contribution in [1.82, 2.24) is 14.7 Å². The summed E-state index contributed by atoms with van der Waals surface area (Å²) in [5, 5.41) is 14.0. The van der Waals surface area contributed by atoms with E-state index in [-0.39, 0.29) is 12.5 Å². The maximum absolute atomic E-state index is 12.6. The van der Waals surface area contributed by atoms with Crippen LogP contribution in [-0.2, 0) is 13.6 Å². The van der Waals surface area contributed by atoms with Crippen LogP contribution in [0, 0.1) is 0 Å². The van der Waals surface area contributed by atoms with Crippen LogP contribution in [0.4, 0.5) is 0 Å². The zero-order chi connectivity index (χ0) is 16.1. The summed E-state index contributed by atoms with van der Waals surface area (Å²) in [6.07, 6.45) is 3.71. The van der Waals surface area contributed by atoms with Crippen LogP contribution >= 0.6 is 23.2 Å². The molecule has 2 rings (SSSR count). The Labute approximate surface area is 139 Å². The molecule has 0 fully saturated rings. The standard InChI is InChI=1S/C15H17Cl2N3O2/c1-19-10-12(8-18-19)15(22)20(5-2-6-21)9-11-3-4-13(16)14(17)7-11/h3-4,7-8,10,21H,2,5-6,9H2,1H3. The van der Waals surface area contributed by atoms with Gasteiger partial charge in [0.25, 0.3) is 5.91 Å². The average Bonchev–Trinajstić information content (AvgIpc) is 2.93. The van der Waals surface area contributed by atoms with Crippen LogP contribution in [-0.4, -0.2) is 38.8 Å². The number of carbonyl (C=O) groups excluding carboxylic acids is 1. The molecule has 0 aliphatic heterocycles. The summed E-state index contributed by atoms with van der Waals surface area (Å²) >= 11 is 11.9. The summed E-state index contributed by atoms with van der Waals surface area (Å²) in [7, 11) is 1.76. The fraction of sp³-hybridized carbons (Fsp3) is 0.333. The van der Waals surface area contributed by atoms with Gasteiger partial charge in [0, 0.05) is 32.9 Å². The topological polar surface area (TPSA) is 58.4 Å². The molecule has 0 aliphatic rings. The first-order chi connectivity index (χ1) is 10.5. The van der Waals surface area contributed by atoms with E-state index in [0.717, 1.165) is 5.56 Å². The Balaban J connectivity index is 2.18. The number of aryl methyl sites for hydroxylation is 1. The third-order valence-corrected chi connectivity index (χ3v) is 3.92. The SMILES string of the molecule is Cn1cc(C(=O)N(CCCO)Cc2ccc(Cl)c(Cl)c2)cn1. The predicted molar refractivity (Wildman–Crippen MR) is 86.1 cm³/mol. The summed E-state index contributed by atoms with van der Waals surface area (Å²) in [5.41, 5.74) is 1.39. The van der Waals surface area contributed by atoms with Crippen LogP contribution in [0.5, 0.6) is 0 Å². The molecule has 1 N–H and O–H groups in total. The lowest BCUT2D eigenvalue weighted by atomic mass is 10.2. The van der Waals surface area contributed by atoms with Gasteiger partial charge >= 0.3 is 0 Å². The molecule has 2 aromatic rings. The highest BCUT2D eigenvalue weighted by atomic mass is 35.5. The van der Waals surface area contributed by atoms with Gasteiger partial charge in [0.05, 0.1) is 21.8 Å². The second kappa shape index (κ2) is 7.63. The molecule has 7 heteroatoms. The molecule has 0 radical (unpaired) electrons. The first-order valence-corrected chi connectivity index (χ1v) is 7.59. The van der Waals surface area contributed by atoms with Gasteiger partial charge in [-0.3, -0.25) is 9.48 Å². The van der Waals surface area contributed by atoms with Gasteiger partial charge in [0.2, 0.25) is 0 Å². The van der Waals surface area contributed by atoms with Crippen molar-refractivity contribution in [1.29, 1.82) is 0 Å². The van der Waals surface area contributed by atoms with Gasteiger partial charge in [0.1, 0.15) is 0 Å². The molecule has 1 aromatic carbocycles. The van der Waals surface area contributed by atoms with Crippen molar-refractivity contribution in [2.24, 2.45) is 7.05 Å². The molecule has 118 valence electrons. The van der Waals surface area contributed by atoms with Crippen LogP contribution in [0.15, 0.2) is 30.6 Å². The van der Waals surface area contributed by atoms with Gasteiger partial charge in [-0.05, 0) is 24.1 Å². The van der Waals surface area contributed by atoms with Crippen molar-refractivity contribution in [2.75, 3.05) is 13.2 Å². The van der Waals surface area contributed by atoms with Crippen molar-refractivity contribution in [2.45, 2.75) is 13.0 Å². The molecule has 5 nitrogen and oxygen atoms in total. The van der Waals surface area contributed by atoms with E-state index in [0.29, 0.717) is 35.1 Å². The molecule has 0 saturated carbocycles. The number of aliphatic hydroxyl groups is 1. The van der Waals surface area contributed by atoms with Gasteiger partial charge < -0.3 is 10.0 Å². The molecule has 1 aromatic heterocycles. The van der Waals surface area contributed by atoms with E-state index in [1.807, 2.05) is 6.07 Å². The first kappa shape index (κ1) is 16.8. The number of carbonyl (C=O) groups is 1. The van der Waals surface area contributed by atoms with Gasteiger partial charge in [-0.2, -0.15) is 5.10 Å². The number of aliphatic hydroxyl groups excluding tert-OH is 1. The van der Waals surface area contributed by atoms with Gasteiger partial charge in [-0.25, -0.2) is 0 Å². The third kappa shape index (κ3) is 4.22. The molecule has 0 bridgehead atoms. The van der Waals surface area contributed by atoms with Gasteiger partial charge in [0.15, 0.2) is 0 Å². The number of hydrogen-bond donors (Lipinski definition) is 1. The van der Waals surface area contributed by atoms with E-state index in [2.05, 4.69) is 5.10 Å². The van der Waals surface area contributed by atoms with Gasteiger partial charge in [-0.15, -0.1) is 0 Å². The van der Waals surface area contributed by atoms with Crippen molar-refractivity contribution < 1.29 is 9.90 Å². The lowest BCUT2D eigenvalue weighted by Gasteiger charge is -2.22. The quantitative estimate of drug-likeness (QED) is 0.878. The van der Waals surface area contributed by atoms with Crippen LogP contribution in [0.25, 0.3) is 0 Å². The minimum Gasteiger partial charge on any atom is -0.396 e. The van der Waals surface area contributed by atoms with E-state index < -0.39 is 0 Å². The van der Waals surface area contributed by atoms with Crippen molar-refractivity contribution in [3.05, 3.63) is 51.8 Å². The second-order valence-corrected chi connectivity index (χ2v) is 5.77. The molecule has 0 atom stereocenters. The summed E-state index contributed by atoms with van der Waals surface area (Å²) < 4.78 is 1.58. The number of benzene rings is 1. The van der Waals surface area contributed by atoms with Gasteiger partial charge in [-0.1, -0.05) is 29.3 Å². The second-order valence-electron chi connectivity index (χ2n) is 4.96. The highest BCUT2D eigenvalue weighted by Gasteiger charge is 2.17. The number of halogens is 2. The lowest BCUT2D eigenvalue weighted by molar-refractivity contribution is 0.0732. The monoisotopic (exact) mass is 341 g/mol. The molecule has 1 heterocycles. The highest BCUT2D eigenvalue weighted by molar-refractivity contribution is 6.42. The van der Waals surface area contributed by atoms with Crippen molar-refractivity contribution in [3.63, 3.8) is 0 Å². The molecule has 0 unspecified atom stereocenters. The molecular weight excluding hydrogens is 325 g/mol. The van der Waals surface area contributed by atoms with Crippen molar-refractivity contribution in [3.8, 4) is 0 Å². The average molecular weight is 342 g/mol. The van der Waals surface area contributed by atoms with Crippen LogP contribution < -0.4 is 0 Å². The maximum Gasteiger partial charge on any atom is 0.257 e. The summed E-state index contributed by atoms with van der Waals surface area (Å²) in [6, 6.07) is 5.28. The minimum absolute atomic E-state index is 0.0260. The Morgan fingerprint density at radius 2 is 2.14 bits per heavy atom. The van der Waals surface area contributed by atoms with Crippen molar-refractivity contribution >= 4 is 29.1 Å². The molecule has 1 amide bonds. The zero-order valence-corrected chi connectivity index (χ0v) is 13.7. The predicted octanol–water partition coefficient (Wildman–Crippen LogP) is 2.75. The number of hydrogen-bond acceptors (Lipinski definition) is 3. The number of amides is 1. The molecule has 22 heavy (non-hydrogen) atoms. The number of rotatable bonds is 6. The summed E-state index contributed by atoms with van der Waals surface area (Å²) in [5.74, 6) is -0.132. The maximum atomic E-state index is 12.6. The largest absolute Gasteiger partial charge is 0.396 e. The first-order valence-electron chi connectivity index (χ1n) is 6.84. The smallest absolute Gasteiger partial charge is 0.257 e. The zero-order valence-electron chi connectivity index (χ0n) is 12.2. The van der Waals surface area contributed by atoms with E-state index in [9.17, 15) is 4.79 Å². The fourth-order valence-electron chi connectivity index (χ4n) is 2.09. The van der Waals surface area contributed by atoms with E-state index in [4.69, 9.17) is 28.3 Å². The summed E-state index contributed by atoms with van der Waals surface area (Å²) in [6.45, 7) is 0.868. The molecular formula is C15H17Cl2N3O2.